The second kappa shape index (κ2) is 6.78. The molecule has 2 aromatic heterocycles. The fraction of sp³-hybridized carbons (Fsp3) is 0.333. The van der Waals surface area contributed by atoms with Crippen molar-refractivity contribution in [2.24, 2.45) is 0 Å². The Hall–Kier alpha value is -1.89. The van der Waals surface area contributed by atoms with Gasteiger partial charge in [0, 0.05) is 17.0 Å². The number of thiophene rings is 1. The number of halogens is 1. The van der Waals surface area contributed by atoms with E-state index in [9.17, 15) is 4.79 Å². The summed E-state index contributed by atoms with van der Waals surface area (Å²) in [7, 11) is 0. The number of hydrogen-bond donors (Lipinski definition) is 0. The van der Waals surface area contributed by atoms with Crippen LogP contribution in [-0.4, -0.2) is 35.1 Å². The van der Waals surface area contributed by atoms with Gasteiger partial charge < -0.3 is 9.47 Å². The van der Waals surface area contributed by atoms with Crippen LogP contribution in [0.15, 0.2) is 30.3 Å². The molecule has 3 heterocycles. The number of fused-ring (bicyclic) bond motifs is 1. The number of hydrogen-bond acceptors (Lipinski definition) is 5. The molecule has 0 spiro atoms. The van der Waals surface area contributed by atoms with Gasteiger partial charge in [-0.05, 0) is 50.1 Å². The number of esters is 1. The summed E-state index contributed by atoms with van der Waals surface area (Å²) in [5.74, 6) is -0.307. The van der Waals surface area contributed by atoms with Gasteiger partial charge in [-0.25, -0.2) is 9.48 Å². The maximum absolute atomic E-state index is 12.4. The van der Waals surface area contributed by atoms with Crippen molar-refractivity contribution in [1.29, 1.82) is 0 Å². The molecule has 1 saturated heterocycles. The smallest absolute Gasteiger partial charge is 0.348 e. The molecule has 0 radical (unpaired) electrons. The lowest BCUT2D eigenvalue weighted by Gasteiger charge is -2.09. The standard InChI is InChI=1S/C18H17ClN2O3S/c1-11-15-9-16(18(22)24-10-14-3-2-8-23-14)25-17(15)21(20-11)13-6-4-12(19)5-7-13/h4-7,9,14H,2-3,8,10H2,1H3. The number of carbonyl (C=O) groups is 1. The molecule has 0 N–H and O–H groups in total. The third-order valence-electron chi connectivity index (χ3n) is 4.24. The third-order valence-corrected chi connectivity index (χ3v) is 5.58. The van der Waals surface area contributed by atoms with Crippen molar-refractivity contribution in [3.05, 3.63) is 45.9 Å². The van der Waals surface area contributed by atoms with Crippen molar-refractivity contribution in [2.45, 2.75) is 25.9 Å². The van der Waals surface area contributed by atoms with E-state index >= 15 is 0 Å². The second-order valence-corrected chi connectivity index (χ2v) is 7.50. The Balaban J connectivity index is 1.60. The van der Waals surface area contributed by atoms with Crippen LogP contribution in [0.5, 0.6) is 0 Å². The van der Waals surface area contributed by atoms with Gasteiger partial charge in [-0.3, -0.25) is 0 Å². The molecule has 0 amide bonds. The average molecular weight is 377 g/mol. The van der Waals surface area contributed by atoms with E-state index < -0.39 is 0 Å². The lowest BCUT2D eigenvalue weighted by Crippen LogP contribution is -2.17. The Bertz CT molecular complexity index is 910. The molecule has 4 rings (SSSR count). The summed E-state index contributed by atoms with van der Waals surface area (Å²) in [5, 5.41) is 6.21. The summed E-state index contributed by atoms with van der Waals surface area (Å²) in [6.07, 6.45) is 2.01. The number of aromatic nitrogens is 2. The topological polar surface area (TPSA) is 53.4 Å². The van der Waals surface area contributed by atoms with Gasteiger partial charge in [-0.1, -0.05) is 11.6 Å². The van der Waals surface area contributed by atoms with Crippen molar-refractivity contribution in [2.75, 3.05) is 13.2 Å². The largest absolute Gasteiger partial charge is 0.459 e. The number of aryl methyl sites for hydroxylation is 1. The SMILES string of the molecule is Cc1nn(-c2ccc(Cl)cc2)c2sc(C(=O)OCC3CCCO3)cc12. The van der Waals surface area contributed by atoms with Crippen molar-refractivity contribution in [3.63, 3.8) is 0 Å². The molecular formula is C18H17ClN2O3S. The molecule has 25 heavy (non-hydrogen) atoms. The van der Waals surface area contributed by atoms with Crippen molar-refractivity contribution >= 4 is 39.1 Å². The minimum atomic E-state index is -0.307. The fourth-order valence-corrected chi connectivity index (χ4v) is 4.12. The van der Waals surface area contributed by atoms with E-state index in [0.717, 1.165) is 41.0 Å². The Morgan fingerprint density at radius 1 is 1.44 bits per heavy atom. The van der Waals surface area contributed by atoms with Crippen LogP contribution >= 0.6 is 22.9 Å². The van der Waals surface area contributed by atoms with Crippen LogP contribution in [0.2, 0.25) is 5.02 Å². The van der Waals surface area contributed by atoms with Crippen LogP contribution in [0.25, 0.3) is 15.9 Å². The van der Waals surface area contributed by atoms with Gasteiger partial charge in [0.05, 0.1) is 17.5 Å². The van der Waals surface area contributed by atoms with E-state index in [2.05, 4.69) is 5.10 Å². The normalized spacial score (nSPS) is 17.3. The first-order valence-electron chi connectivity index (χ1n) is 8.15. The van der Waals surface area contributed by atoms with Gasteiger partial charge in [-0.15, -0.1) is 11.3 Å². The molecule has 130 valence electrons. The molecule has 7 heteroatoms. The summed E-state index contributed by atoms with van der Waals surface area (Å²) in [6.45, 7) is 3.00. The zero-order valence-electron chi connectivity index (χ0n) is 13.7. The first-order valence-corrected chi connectivity index (χ1v) is 9.35. The van der Waals surface area contributed by atoms with E-state index in [1.54, 1.807) is 0 Å². The van der Waals surface area contributed by atoms with Crippen LogP contribution in [0.4, 0.5) is 0 Å². The molecular weight excluding hydrogens is 360 g/mol. The molecule has 1 aliphatic heterocycles. The quantitative estimate of drug-likeness (QED) is 0.634. The number of nitrogens with zero attached hydrogens (tertiary/aromatic N) is 2. The Morgan fingerprint density at radius 3 is 2.96 bits per heavy atom. The van der Waals surface area contributed by atoms with Gasteiger partial charge in [0.25, 0.3) is 0 Å². The second-order valence-electron chi connectivity index (χ2n) is 6.04. The third kappa shape index (κ3) is 3.29. The first kappa shape index (κ1) is 16.6. The summed E-state index contributed by atoms with van der Waals surface area (Å²) >= 11 is 7.34. The van der Waals surface area contributed by atoms with E-state index in [1.165, 1.54) is 11.3 Å². The minimum absolute atomic E-state index is 0.0321. The van der Waals surface area contributed by atoms with Crippen molar-refractivity contribution < 1.29 is 14.3 Å². The Kier molecular flexibility index (Phi) is 4.50. The molecule has 1 fully saturated rings. The van der Waals surface area contributed by atoms with Gasteiger partial charge in [0.15, 0.2) is 0 Å². The average Bonchev–Trinajstić information content (AvgIpc) is 3.32. The summed E-state index contributed by atoms with van der Waals surface area (Å²) in [5.41, 5.74) is 1.78. The number of ether oxygens (including phenoxy) is 2. The number of rotatable bonds is 4. The zero-order chi connectivity index (χ0) is 17.4. The highest BCUT2D eigenvalue weighted by molar-refractivity contribution is 7.20. The predicted molar refractivity (Wildman–Crippen MR) is 98.0 cm³/mol. The predicted octanol–water partition coefficient (Wildman–Crippen LogP) is 4.38. The van der Waals surface area contributed by atoms with Crippen LogP contribution < -0.4 is 0 Å². The molecule has 0 saturated carbocycles. The number of benzene rings is 1. The van der Waals surface area contributed by atoms with Crippen molar-refractivity contribution in [1.82, 2.24) is 9.78 Å². The highest BCUT2D eigenvalue weighted by atomic mass is 35.5. The Morgan fingerprint density at radius 2 is 2.24 bits per heavy atom. The monoisotopic (exact) mass is 376 g/mol. The Labute approximate surface area is 154 Å². The zero-order valence-corrected chi connectivity index (χ0v) is 15.3. The highest BCUT2D eigenvalue weighted by Crippen LogP contribution is 2.31. The van der Waals surface area contributed by atoms with E-state index in [4.69, 9.17) is 21.1 Å². The number of carbonyl (C=O) groups excluding carboxylic acids is 1. The summed E-state index contributed by atoms with van der Waals surface area (Å²) in [4.78, 5) is 13.9. The van der Waals surface area contributed by atoms with E-state index in [0.29, 0.717) is 16.5 Å². The maximum atomic E-state index is 12.4. The van der Waals surface area contributed by atoms with Gasteiger partial charge >= 0.3 is 5.97 Å². The van der Waals surface area contributed by atoms with E-state index in [1.807, 2.05) is 41.9 Å². The molecule has 3 aromatic rings. The molecule has 5 nitrogen and oxygen atoms in total. The lowest BCUT2D eigenvalue weighted by molar-refractivity contribution is 0.0165. The molecule has 0 aliphatic carbocycles. The molecule has 1 aromatic carbocycles. The highest BCUT2D eigenvalue weighted by Gasteiger charge is 2.21. The first-order chi connectivity index (χ1) is 12.1. The summed E-state index contributed by atoms with van der Waals surface area (Å²) in [6, 6.07) is 9.31. The van der Waals surface area contributed by atoms with Crippen LogP contribution in [0, 0.1) is 6.92 Å². The summed E-state index contributed by atoms with van der Waals surface area (Å²) < 4.78 is 12.7. The van der Waals surface area contributed by atoms with Crippen LogP contribution in [0.3, 0.4) is 0 Å². The molecule has 0 bridgehead atoms. The minimum Gasteiger partial charge on any atom is -0.459 e. The van der Waals surface area contributed by atoms with Gasteiger partial charge in [0.2, 0.25) is 0 Å². The molecule has 1 atom stereocenters. The van der Waals surface area contributed by atoms with Gasteiger partial charge in [-0.2, -0.15) is 5.10 Å². The van der Waals surface area contributed by atoms with Gasteiger partial charge in [0.1, 0.15) is 16.3 Å². The van der Waals surface area contributed by atoms with Crippen LogP contribution in [0.1, 0.15) is 28.2 Å². The van der Waals surface area contributed by atoms with Crippen LogP contribution in [-0.2, 0) is 9.47 Å². The van der Waals surface area contributed by atoms with E-state index in [-0.39, 0.29) is 12.1 Å². The molecule has 1 aliphatic rings. The fourth-order valence-electron chi connectivity index (χ4n) is 2.92. The van der Waals surface area contributed by atoms with Crippen molar-refractivity contribution in [3.8, 4) is 5.69 Å². The molecule has 1 unspecified atom stereocenters. The maximum Gasteiger partial charge on any atom is 0.348 e. The lowest BCUT2D eigenvalue weighted by atomic mass is 10.2.